The molecule has 0 aliphatic rings. The van der Waals surface area contributed by atoms with Gasteiger partial charge in [-0.1, -0.05) is 36.4 Å². The van der Waals surface area contributed by atoms with Crippen molar-refractivity contribution >= 4 is 22.6 Å². The number of halogens is 2. The predicted molar refractivity (Wildman–Crippen MR) is 144 cm³/mol. The summed E-state index contributed by atoms with van der Waals surface area (Å²) in [7, 11) is 5.60. The molecule has 8 heteroatoms. The minimum absolute atomic E-state index is 0.172. The van der Waals surface area contributed by atoms with Gasteiger partial charge in [0.1, 0.15) is 17.2 Å². The van der Waals surface area contributed by atoms with Crippen molar-refractivity contribution in [3.8, 4) is 0 Å². The zero-order valence-electron chi connectivity index (χ0n) is 21.7. The highest BCUT2D eigenvalue weighted by molar-refractivity contribution is 5.93. The molecule has 0 aliphatic heterocycles. The number of hydrogen-bond donors (Lipinski definition) is 1. The second-order valence-electron chi connectivity index (χ2n) is 9.12. The van der Waals surface area contributed by atoms with Crippen molar-refractivity contribution < 1.29 is 23.1 Å². The number of pyridine rings is 1. The van der Waals surface area contributed by atoms with Crippen LogP contribution in [0.3, 0.4) is 0 Å². The van der Waals surface area contributed by atoms with Crippen LogP contribution >= 0.6 is 0 Å². The van der Waals surface area contributed by atoms with Crippen molar-refractivity contribution in [2.45, 2.75) is 25.8 Å². The van der Waals surface area contributed by atoms with Gasteiger partial charge in [0.2, 0.25) is 0 Å². The molecule has 1 aromatic heterocycles. The van der Waals surface area contributed by atoms with Gasteiger partial charge in [-0.25, -0.2) is 8.78 Å². The highest BCUT2D eigenvalue weighted by Crippen LogP contribution is 2.24. The number of carbonyl (C=O) groups excluding carboxylic acids is 2. The molecule has 4 rings (SSSR count). The minimum Gasteiger partial charge on any atom is -0.469 e. The zero-order valence-corrected chi connectivity index (χ0v) is 21.7. The molecule has 0 aliphatic carbocycles. The first-order valence-corrected chi connectivity index (χ1v) is 12.1. The number of hydrogen-bond acceptors (Lipinski definition) is 5. The lowest BCUT2D eigenvalue weighted by atomic mass is 9.95. The third-order valence-electron chi connectivity index (χ3n) is 5.84. The number of aryl methyl sites for hydroxylation is 1. The lowest BCUT2D eigenvalue weighted by Gasteiger charge is -2.14. The zero-order chi connectivity index (χ0) is 27.7. The van der Waals surface area contributed by atoms with E-state index in [1.165, 1.54) is 34.6 Å². The van der Waals surface area contributed by atoms with E-state index in [4.69, 9.17) is 10.5 Å². The number of aromatic nitrogens is 1. The molecular weight excluding hydrogens is 488 g/mol. The number of primary amides is 1. The van der Waals surface area contributed by atoms with E-state index in [1.54, 1.807) is 0 Å². The Hall–Kier alpha value is -4.17. The summed E-state index contributed by atoms with van der Waals surface area (Å²) < 4.78 is 29.9. The monoisotopic (exact) mass is 519 g/mol. The number of amides is 1. The third kappa shape index (κ3) is 7.91. The summed E-state index contributed by atoms with van der Waals surface area (Å²) in [6, 6.07) is 18.2. The molecule has 0 radical (unpaired) electrons. The number of nitrogens with two attached hydrogens (primary N) is 1. The van der Waals surface area contributed by atoms with Gasteiger partial charge >= 0.3 is 5.97 Å². The van der Waals surface area contributed by atoms with Crippen LogP contribution in [0.15, 0.2) is 73.1 Å². The minimum atomic E-state index is -1.10. The molecular formula is C30H31F2N3O3. The van der Waals surface area contributed by atoms with Gasteiger partial charge in [-0.15, -0.1) is 0 Å². The van der Waals surface area contributed by atoms with E-state index < -0.39 is 23.1 Å². The molecule has 38 heavy (non-hydrogen) atoms. The van der Waals surface area contributed by atoms with E-state index in [0.717, 1.165) is 36.7 Å². The van der Waals surface area contributed by atoms with E-state index >= 15 is 0 Å². The maximum atomic E-state index is 12.6. The number of ether oxygens (including phenoxy) is 1. The van der Waals surface area contributed by atoms with Gasteiger partial charge < -0.3 is 15.4 Å². The second-order valence-corrected chi connectivity index (χ2v) is 9.12. The quantitative estimate of drug-likeness (QED) is 0.329. The van der Waals surface area contributed by atoms with Crippen molar-refractivity contribution in [2.75, 3.05) is 21.2 Å². The van der Waals surface area contributed by atoms with Crippen molar-refractivity contribution in [1.29, 1.82) is 0 Å². The number of methoxy groups -OCH3 is 1. The van der Waals surface area contributed by atoms with Gasteiger partial charge in [0.25, 0.3) is 5.91 Å². The summed E-state index contributed by atoms with van der Waals surface area (Å²) in [6.45, 7) is 0.907. The van der Waals surface area contributed by atoms with E-state index in [-0.39, 0.29) is 5.97 Å². The Kier molecular flexibility index (Phi) is 10.0. The smallest absolute Gasteiger partial charge is 0.305 e. The molecule has 4 aromatic rings. The number of fused-ring (bicyclic) bond motifs is 1. The van der Waals surface area contributed by atoms with Crippen LogP contribution in [-0.2, 0) is 28.9 Å². The summed E-state index contributed by atoms with van der Waals surface area (Å²) in [4.78, 5) is 28.3. The van der Waals surface area contributed by atoms with Crippen molar-refractivity contribution in [1.82, 2.24) is 9.88 Å². The maximum Gasteiger partial charge on any atom is 0.305 e. The van der Waals surface area contributed by atoms with Gasteiger partial charge in [0.05, 0.1) is 7.11 Å². The fourth-order valence-electron chi connectivity index (χ4n) is 4.14. The molecule has 2 N–H and O–H groups in total. The SMILES string of the molecule is COC(=O)CCc1cccc(Cc2cc(CN(C)C)cc3ccncc23)c1.NC(=O)c1c(F)cccc1F. The molecule has 0 fully saturated rings. The van der Waals surface area contributed by atoms with Crippen LogP contribution in [0.4, 0.5) is 8.78 Å². The standard InChI is InChI=1S/C23H26N2O2.C7H5F2NO/c1-25(2)16-19-13-20-9-10-24-15-22(20)21(14-19)12-18-6-4-5-17(11-18)7-8-23(26)27-3;8-4-2-1-3-5(9)6(4)7(10)11/h4-6,9-11,13-15H,7-8,12,16H2,1-3H3;1-3H,(H2,10,11). The van der Waals surface area contributed by atoms with Crippen LogP contribution in [0.1, 0.15) is 39.0 Å². The van der Waals surface area contributed by atoms with Crippen LogP contribution in [0.2, 0.25) is 0 Å². The van der Waals surface area contributed by atoms with Crippen LogP contribution in [0, 0.1) is 11.6 Å². The summed E-state index contributed by atoms with van der Waals surface area (Å²) in [5.41, 5.74) is 8.99. The molecule has 0 saturated carbocycles. The van der Waals surface area contributed by atoms with Crippen LogP contribution in [-0.4, -0.2) is 43.0 Å². The molecule has 0 spiro atoms. The summed E-state index contributed by atoms with van der Waals surface area (Å²) in [5, 5.41) is 2.42. The Bertz CT molecular complexity index is 1400. The first kappa shape index (κ1) is 28.4. The first-order chi connectivity index (χ1) is 18.2. The molecule has 0 unspecified atom stereocenters. The first-order valence-electron chi connectivity index (χ1n) is 12.1. The largest absolute Gasteiger partial charge is 0.469 e. The maximum absolute atomic E-state index is 12.6. The third-order valence-corrected chi connectivity index (χ3v) is 5.84. The van der Waals surface area contributed by atoms with Gasteiger partial charge in [0, 0.05) is 30.7 Å². The molecule has 0 saturated heterocycles. The van der Waals surface area contributed by atoms with E-state index in [1.807, 2.05) is 12.4 Å². The van der Waals surface area contributed by atoms with Crippen molar-refractivity contribution in [3.05, 3.63) is 113 Å². The van der Waals surface area contributed by atoms with E-state index in [2.05, 4.69) is 66.4 Å². The number of benzene rings is 3. The topological polar surface area (TPSA) is 85.5 Å². The number of esters is 1. The molecule has 3 aromatic carbocycles. The number of nitrogens with zero attached hydrogens (tertiary/aromatic N) is 2. The predicted octanol–water partition coefficient (Wildman–Crippen LogP) is 5.06. The Morgan fingerprint density at radius 3 is 2.26 bits per heavy atom. The second kappa shape index (κ2) is 13.4. The van der Waals surface area contributed by atoms with E-state index in [0.29, 0.717) is 12.8 Å². The molecule has 1 heterocycles. The average Bonchev–Trinajstić information content (AvgIpc) is 2.87. The fraction of sp³-hybridized carbons (Fsp3) is 0.233. The number of rotatable bonds is 8. The van der Waals surface area contributed by atoms with Gasteiger partial charge in [-0.2, -0.15) is 0 Å². The molecule has 198 valence electrons. The highest BCUT2D eigenvalue weighted by Gasteiger charge is 2.12. The summed E-state index contributed by atoms with van der Waals surface area (Å²) >= 11 is 0. The highest BCUT2D eigenvalue weighted by atomic mass is 19.1. The Morgan fingerprint density at radius 2 is 1.63 bits per heavy atom. The van der Waals surface area contributed by atoms with Gasteiger partial charge in [-0.3, -0.25) is 14.6 Å². The van der Waals surface area contributed by atoms with Crippen molar-refractivity contribution in [3.63, 3.8) is 0 Å². The average molecular weight is 520 g/mol. The Balaban J connectivity index is 0.000000304. The van der Waals surface area contributed by atoms with Crippen LogP contribution in [0.5, 0.6) is 0 Å². The lowest BCUT2D eigenvalue weighted by molar-refractivity contribution is -0.140. The van der Waals surface area contributed by atoms with Gasteiger partial charge in [-0.05, 0) is 78.8 Å². The Morgan fingerprint density at radius 1 is 0.947 bits per heavy atom. The van der Waals surface area contributed by atoms with Gasteiger partial charge in [0.15, 0.2) is 0 Å². The summed E-state index contributed by atoms with van der Waals surface area (Å²) in [6.07, 6.45) is 5.74. The molecule has 0 bridgehead atoms. The van der Waals surface area contributed by atoms with Crippen molar-refractivity contribution in [2.24, 2.45) is 5.73 Å². The Labute approximate surface area is 221 Å². The number of carbonyl (C=O) groups is 2. The lowest BCUT2D eigenvalue weighted by Crippen LogP contribution is -2.15. The molecule has 1 amide bonds. The fourth-order valence-corrected chi connectivity index (χ4v) is 4.14. The van der Waals surface area contributed by atoms with E-state index in [9.17, 15) is 18.4 Å². The molecule has 6 nitrogen and oxygen atoms in total. The summed E-state index contributed by atoms with van der Waals surface area (Å²) in [5.74, 6) is -3.13. The normalized spacial score (nSPS) is 10.7. The van der Waals surface area contributed by atoms with Crippen LogP contribution < -0.4 is 5.73 Å². The molecule has 0 atom stereocenters. The van der Waals surface area contributed by atoms with Crippen LogP contribution in [0.25, 0.3) is 10.8 Å².